The summed E-state index contributed by atoms with van der Waals surface area (Å²) in [4.78, 5) is 27.5. The van der Waals surface area contributed by atoms with Gasteiger partial charge in [0.2, 0.25) is 10.0 Å². The largest absolute Gasteiger partial charge is 0.319 e. The molecular formula is C17H16N4O5S2. The van der Waals surface area contributed by atoms with E-state index in [9.17, 15) is 23.3 Å². The Morgan fingerprint density at radius 3 is 2.39 bits per heavy atom. The van der Waals surface area contributed by atoms with E-state index in [1.807, 2.05) is 0 Å². The molecule has 2 aromatic carbocycles. The minimum atomic E-state index is -3.58. The van der Waals surface area contributed by atoms with Crippen LogP contribution in [0.2, 0.25) is 0 Å². The molecule has 0 aliphatic rings. The maximum Gasteiger partial charge on any atom is 0.279 e. The van der Waals surface area contributed by atoms with Gasteiger partial charge in [0.15, 0.2) is 4.80 Å². The zero-order chi connectivity index (χ0) is 20.6. The number of carbonyl (C=O) groups excluding carboxylic acids is 1. The Bertz CT molecular complexity index is 1250. The van der Waals surface area contributed by atoms with Crippen molar-refractivity contribution >= 4 is 43.2 Å². The molecule has 0 N–H and O–H groups in total. The third kappa shape index (κ3) is 3.59. The number of sulfonamides is 1. The standard InChI is InChI=1S/C17H16N4O5S2/c1-19(2)28(25,26)13-7-4-11(5-8-13)16(22)18-17-20(3)14-10-12(21(23)24)6-9-15(14)27-17/h4-10H,1-3H3. The van der Waals surface area contributed by atoms with E-state index in [-0.39, 0.29) is 16.1 Å². The molecule has 0 saturated heterocycles. The quantitative estimate of drug-likeness (QED) is 0.474. The monoisotopic (exact) mass is 420 g/mol. The second-order valence-electron chi connectivity index (χ2n) is 6.08. The van der Waals surface area contributed by atoms with Crippen LogP contribution >= 0.6 is 11.3 Å². The Morgan fingerprint density at radius 2 is 1.82 bits per heavy atom. The number of nitrogens with zero attached hydrogens (tertiary/aromatic N) is 4. The van der Waals surface area contributed by atoms with Crippen molar-refractivity contribution in [1.82, 2.24) is 8.87 Å². The van der Waals surface area contributed by atoms with Crippen LogP contribution in [0.25, 0.3) is 10.2 Å². The molecule has 0 bridgehead atoms. The van der Waals surface area contributed by atoms with Crippen molar-refractivity contribution in [3.05, 3.63) is 62.9 Å². The molecule has 0 fully saturated rings. The summed E-state index contributed by atoms with van der Waals surface area (Å²) in [6.45, 7) is 0. The van der Waals surface area contributed by atoms with Crippen LogP contribution < -0.4 is 4.80 Å². The number of fused-ring (bicyclic) bond motifs is 1. The summed E-state index contributed by atoms with van der Waals surface area (Å²) >= 11 is 1.23. The molecule has 0 spiro atoms. The molecule has 28 heavy (non-hydrogen) atoms. The zero-order valence-electron chi connectivity index (χ0n) is 15.2. The van der Waals surface area contributed by atoms with Gasteiger partial charge in [-0.1, -0.05) is 11.3 Å². The Hall–Kier alpha value is -2.89. The van der Waals surface area contributed by atoms with Crippen LogP contribution in [-0.2, 0) is 17.1 Å². The predicted molar refractivity (Wildman–Crippen MR) is 105 cm³/mol. The summed E-state index contributed by atoms with van der Waals surface area (Å²) in [5.74, 6) is -0.537. The molecule has 11 heteroatoms. The second-order valence-corrected chi connectivity index (χ2v) is 9.24. The molecule has 0 aliphatic carbocycles. The summed E-state index contributed by atoms with van der Waals surface area (Å²) < 4.78 is 27.6. The van der Waals surface area contributed by atoms with Gasteiger partial charge >= 0.3 is 0 Å². The fourth-order valence-electron chi connectivity index (χ4n) is 2.47. The van der Waals surface area contributed by atoms with Crippen LogP contribution in [0.5, 0.6) is 0 Å². The van der Waals surface area contributed by atoms with E-state index in [2.05, 4.69) is 4.99 Å². The SMILES string of the molecule is CN(C)S(=O)(=O)c1ccc(C(=O)N=c2sc3ccc([N+](=O)[O-])cc3n2C)cc1. The zero-order valence-corrected chi connectivity index (χ0v) is 16.8. The topological polar surface area (TPSA) is 115 Å². The van der Waals surface area contributed by atoms with Crippen molar-refractivity contribution in [3.8, 4) is 0 Å². The van der Waals surface area contributed by atoms with E-state index in [0.29, 0.717) is 10.3 Å². The van der Waals surface area contributed by atoms with Crippen molar-refractivity contribution in [3.63, 3.8) is 0 Å². The molecule has 9 nitrogen and oxygen atoms in total. The van der Waals surface area contributed by atoms with Crippen molar-refractivity contribution in [2.45, 2.75) is 4.90 Å². The summed E-state index contributed by atoms with van der Waals surface area (Å²) in [5.41, 5.74) is 0.788. The van der Waals surface area contributed by atoms with Crippen LogP contribution in [0.1, 0.15) is 10.4 Å². The maximum atomic E-state index is 12.5. The summed E-state index contributed by atoms with van der Waals surface area (Å²) in [5, 5.41) is 10.9. The van der Waals surface area contributed by atoms with Crippen molar-refractivity contribution in [2.24, 2.45) is 12.0 Å². The number of hydrogen-bond acceptors (Lipinski definition) is 6. The molecule has 0 radical (unpaired) electrons. The van der Waals surface area contributed by atoms with Gasteiger partial charge in [-0.2, -0.15) is 4.99 Å². The van der Waals surface area contributed by atoms with E-state index < -0.39 is 20.9 Å². The number of carbonyl (C=O) groups is 1. The first-order valence-electron chi connectivity index (χ1n) is 7.97. The third-order valence-electron chi connectivity index (χ3n) is 4.08. The minimum Gasteiger partial charge on any atom is -0.319 e. The Balaban J connectivity index is 1.99. The normalized spacial score (nSPS) is 12.6. The summed E-state index contributed by atoms with van der Waals surface area (Å²) in [6.07, 6.45) is 0. The molecule has 3 rings (SSSR count). The van der Waals surface area contributed by atoms with E-state index in [1.54, 1.807) is 17.7 Å². The lowest BCUT2D eigenvalue weighted by molar-refractivity contribution is -0.384. The van der Waals surface area contributed by atoms with Gasteiger partial charge < -0.3 is 4.57 Å². The number of benzene rings is 2. The molecule has 0 unspecified atom stereocenters. The maximum absolute atomic E-state index is 12.5. The predicted octanol–water partition coefficient (Wildman–Crippen LogP) is 2.14. The lowest BCUT2D eigenvalue weighted by atomic mass is 10.2. The van der Waals surface area contributed by atoms with E-state index in [0.717, 1.165) is 9.01 Å². The number of rotatable bonds is 4. The number of hydrogen-bond donors (Lipinski definition) is 0. The van der Waals surface area contributed by atoms with Gasteiger partial charge in [0, 0.05) is 38.8 Å². The molecule has 146 valence electrons. The van der Waals surface area contributed by atoms with Crippen molar-refractivity contribution in [2.75, 3.05) is 14.1 Å². The van der Waals surface area contributed by atoms with Crippen LogP contribution in [0.15, 0.2) is 52.4 Å². The third-order valence-corrected chi connectivity index (χ3v) is 7.02. The molecule has 3 aromatic rings. The minimum absolute atomic E-state index is 0.0449. The molecule has 1 amide bonds. The van der Waals surface area contributed by atoms with Gasteiger partial charge in [-0.25, -0.2) is 12.7 Å². The first-order valence-corrected chi connectivity index (χ1v) is 10.2. The molecule has 0 saturated carbocycles. The van der Waals surface area contributed by atoms with Crippen molar-refractivity contribution < 1.29 is 18.1 Å². The van der Waals surface area contributed by atoms with Gasteiger partial charge in [0.1, 0.15) is 0 Å². The fourth-order valence-corrected chi connectivity index (χ4v) is 4.37. The van der Waals surface area contributed by atoms with Gasteiger partial charge in [-0.05, 0) is 30.3 Å². The Labute approximate surface area is 164 Å². The molecule has 1 heterocycles. The van der Waals surface area contributed by atoms with E-state index >= 15 is 0 Å². The highest BCUT2D eigenvalue weighted by atomic mass is 32.2. The second kappa shape index (κ2) is 7.26. The lowest BCUT2D eigenvalue weighted by Crippen LogP contribution is -2.22. The Morgan fingerprint density at radius 1 is 1.18 bits per heavy atom. The highest BCUT2D eigenvalue weighted by molar-refractivity contribution is 7.89. The van der Waals surface area contributed by atoms with Crippen LogP contribution in [-0.4, -0.2) is 42.2 Å². The number of amides is 1. The number of aryl methyl sites for hydroxylation is 1. The smallest absolute Gasteiger partial charge is 0.279 e. The number of aromatic nitrogens is 1. The van der Waals surface area contributed by atoms with Crippen LogP contribution in [0, 0.1) is 10.1 Å². The summed E-state index contributed by atoms with van der Waals surface area (Å²) in [6, 6.07) is 9.95. The van der Waals surface area contributed by atoms with E-state index in [1.165, 1.54) is 61.8 Å². The lowest BCUT2D eigenvalue weighted by Gasteiger charge is -2.11. The van der Waals surface area contributed by atoms with Gasteiger partial charge in [-0.3, -0.25) is 14.9 Å². The number of non-ortho nitro benzene ring substituents is 1. The fraction of sp³-hybridized carbons (Fsp3) is 0.176. The first-order chi connectivity index (χ1) is 13.1. The highest BCUT2D eigenvalue weighted by Crippen LogP contribution is 2.22. The van der Waals surface area contributed by atoms with Crippen molar-refractivity contribution in [1.29, 1.82) is 0 Å². The molecule has 0 aliphatic heterocycles. The van der Waals surface area contributed by atoms with Gasteiger partial charge in [0.05, 0.1) is 20.0 Å². The van der Waals surface area contributed by atoms with Crippen LogP contribution in [0.4, 0.5) is 5.69 Å². The number of nitro groups is 1. The highest BCUT2D eigenvalue weighted by Gasteiger charge is 2.17. The number of nitro benzene ring substituents is 1. The Kier molecular flexibility index (Phi) is 5.15. The number of thiazole rings is 1. The molecule has 1 aromatic heterocycles. The average molecular weight is 420 g/mol. The average Bonchev–Trinajstić information content (AvgIpc) is 2.96. The summed E-state index contributed by atoms with van der Waals surface area (Å²) in [7, 11) is 0.941. The van der Waals surface area contributed by atoms with Gasteiger partial charge in [-0.15, -0.1) is 0 Å². The van der Waals surface area contributed by atoms with Crippen LogP contribution in [0.3, 0.4) is 0 Å². The first kappa shape index (κ1) is 19.9. The van der Waals surface area contributed by atoms with E-state index in [4.69, 9.17) is 0 Å². The molecular weight excluding hydrogens is 404 g/mol. The molecule has 0 atom stereocenters. The van der Waals surface area contributed by atoms with Gasteiger partial charge in [0.25, 0.3) is 11.6 Å².